The minimum atomic E-state index is -0.769. The van der Waals surface area contributed by atoms with E-state index in [1.54, 1.807) is 34.9 Å². The number of fused-ring (bicyclic) bond motifs is 7. The number of Topliss-reactive ketones (excluding diaryl/α,β-unsaturated/α-hetero) is 1. The van der Waals surface area contributed by atoms with Crippen molar-refractivity contribution in [2.24, 2.45) is 10.9 Å². The first-order valence-electron chi connectivity index (χ1n) is 14.0. The minimum absolute atomic E-state index is 0.00325. The first-order chi connectivity index (χ1) is 19.0. The van der Waals surface area contributed by atoms with Crippen molar-refractivity contribution >= 4 is 24.0 Å². The highest BCUT2D eigenvalue weighted by Crippen LogP contribution is 2.34. The van der Waals surface area contributed by atoms with Crippen LogP contribution in [0.25, 0.3) is 0 Å². The molecule has 40 heavy (non-hydrogen) atoms. The Morgan fingerprint density at radius 2 is 1.75 bits per heavy atom. The Morgan fingerprint density at radius 1 is 1.05 bits per heavy atom. The van der Waals surface area contributed by atoms with Gasteiger partial charge in [-0.25, -0.2) is 4.79 Å². The first-order valence-corrected chi connectivity index (χ1v) is 14.0. The van der Waals surface area contributed by atoms with Crippen LogP contribution in [0.15, 0.2) is 47.5 Å². The molecule has 0 fully saturated rings. The molecule has 2 aromatic rings. The van der Waals surface area contributed by atoms with E-state index in [1.165, 1.54) is 11.1 Å². The largest absolute Gasteiger partial charge is 0.493 e. The van der Waals surface area contributed by atoms with Gasteiger partial charge in [0.2, 0.25) is 5.91 Å². The van der Waals surface area contributed by atoms with E-state index in [4.69, 9.17) is 14.2 Å². The summed E-state index contributed by atoms with van der Waals surface area (Å²) < 4.78 is 17.0. The quantitative estimate of drug-likeness (QED) is 0.272. The van der Waals surface area contributed by atoms with Gasteiger partial charge in [0.25, 0.3) is 0 Å². The van der Waals surface area contributed by atoms with Gasteiger partial charge in [-0.2, -0.15) is 4.99 Å². The summed E-state index contributed by atoms with van der Waals surface area (Å²) in [5.74, 6) is 0.672. The van der Waals surface area contributed by atoms with Gasteiger partial charge in [0.05, 0.1) is 19.1 Å². The van der Waals surface area contributed by atoms with Crippen molar-refractivity contribution in [2.45, 2.75) is 84.3 Å². The van der Waals surface area contributed by atoms with Crippen LogP contribution in [0.2, 0.25) is 0 Å². The van der Waals surface area contributed by atoms with Crippen molar-refractivity contribution < 1.29 is 28.6 Å². The molecule has 0 spiro atoms. The lowest BCUT2D eigenvalue weighted by Gasteiger charge is -2.30. The lowest BCUT2D eigenvalue weighted by Crippen LogP contribution is -2.47. The molecule has 8 heteroatoms. The molecule has 4 bridgehead atoms. The van der Waals surface area contributed by atoms with E-state index in [0.29, 0.717) is 36.5 Å². The maximum Gasteiger partial charge on any atom is 0.433 e. The summed E-state index contributed by atoms with van der Waals surface area (Å²) >= 11 is 0. The number of amides is 2. The molecule has 0 saturated heterocycles. The van der Waals surface area contributed by atoms with Crippen molar-refractivity contribution in [1.29, 1.82) is 0 Å². The molecule has 2 aliphatic rings. The maximum atomic E-state index is 13.9. The third-order valence-corrected chi connectivity index (χ3v) is 6.80. The second-order valence-electron chi connectivity index (χ2n) is 11.2. The van der Waals surface area contributed by atoms with E-state index in [0.717, 1.165) is 36.8 Å². The van der Waals surface area contributed by atoms with E-state index in [9.17, 15) is 14.4 Å². The molecule has 2 aliphatic heterocycles. The Hall–Kier alpha value is -3.68. The molecular weight excluding hydrogens is 508 g/mol. The van der Waals surface area contributed by atoms with E-state index in [-0.39, 0.29) is 11.7 Å². The number of hydrogen-bond donors (Lipinski definition) is 0. The highest BCUT2D eigenvalue weighted by molar-refractivity contribution is 5.99. The zero-order valence-corrected chi connectivity index (χ0v) is 24.6. The monoisotopic (exact) mass is 550 g/mol. The molecule has 1 unspecified atom stereocenters. The van der Waals surface area contributed by atoms with Gasteiger partial charge in [0.1, 0.15) is 11.4 Å². The van der Waals surface area contributed by atoms with Crippen molar-refractivity contribution in [2.75, 3.05) is 14.2 Å². The summed E-state index contributed by atoms with van der Waals surface area (Å²) in [6.45, 7) is 7.39. The summed E-state index contributed by atoms with van der Waals surface area (Å²) in [5.41, 5.74) is 0.992. The third-order valence-electron chi connectivity index (χ3n) is 6.80. The fraction of sp³-hybridized carbons (Fsp3) is 0.500. The van der Waals surface area contributed by atoms with Crippen molar-refractivity contribution in [1.82, 2.24) is 4.90 Å². The lowest BCUT2D eigenvalue weighted by atomic mass is 9.94. The molecule has 0 aliphatic carbocycles. The van der Waals surface area contributed by atoms with Crippen LogP contribution in [0.3, 0.4) is 0 Å². The number of nitrogens with zero attached hydrogens (tertiary/aromatic N) is 2. The second-order valence-corrected chi connectivity index (χ2v) is 11.2. The average Bonchev–Trinajstić information content (AvgIpc) is 2.91. The van der Waals surface area contributed by atoms with Crippen molar-refractivity contribution in [3.8, 4) is 17.2 Å². The number of unbranched alkanes of at least 4 members (excludes halogenated alkanes) is 3. The zero-order chi connectivity index (χ0) is 29.3. The van der Waals surface area contributed by atoms with Gasteiger partial charge in [-0.05, 0) is 69.0 Å². The molecule has 2 atom stereocenters. The van der Waals surface area contributed by atoms with Crippen LogP contribution in [-0.2, 0) is 27.2 Å². The number of likely N-dealkylation sites (N-methyl/N-ethyl adjacent to an activating group) is 1. The predicted octanol–water partition coefficient (Wildman–Crippen LogP) is 6.57. The fourth-order valence-corrected chi connectivity index (χ4v) is 4.64. The van der Waals surface area contributed by atoms with Crippen LogP contribution in [0.4, 0.5) is 4.79 Å². The SMILES string of the molecule is CCCCCCC(=O)[C@@H]1Cc2ccc(OC)c(c2)Oc2ccc(cc2)CC(/C=N/C(=O)OC(C)(C)C)C(=O)N1C. The van der Waals surface area contributed by atoms with Crippen molar-refractivity contribution in [3.05, 3.63) is 53.6 Å². The number of benzene rings is 2. The molecule has 0 radical (unpaired) electrons. The van der Waals surface area contributed by atoms with Crippen LogP contribution in [0.1, 0.15) is 70.9 Å². The molecule has 0 N–H and O–H groups in total. The molecule has 2 heterocycles. The standard InChI is InChI=1S/C32H42N2O6/c1-7-8-9-10-11-27(35)26-19-23-14-17-28(38-6)29(20-23)39-25-15-12-22(13-16-25)18-24(30(36)34(26)5)21-33-31(37)40-32(2,3)4/h12-17,20-21,24,26H,7-11,18-19H2,1-6H3/b33-21+/t24?,26-/m0/s1. The Labute approximate surface area is 237 Å². The minimum Gasteiger partial charge on any atom is -0.493 e. The highest BCUT2D eigenvalue weighted by atomic mass is 16.6. The molecule has 216 valence electrons. The second kappa shape index (κ2) is 14.1. The van der Waals surface area contributed by atoms with Crippen LogP contribution in [0, 0.1) is 5.92 Å². The van der Waals surface area contributed by atoms with E-state index < -0.39 is 23.7 Å². The van der Waals surface area contributed by atoms with Gasteiger partial charge < -0.3 is 19.1 Å². The van der Waals surface area contributed by atoms with Gasteiger partial charge in [0.15, 0.2) is 17.3 Å². The van der Waals surface area contributed by atoms with Gasteiger partial charge in [0, 0.05) is 26.1 Å². The molecular formula is C32H42N2O6. The van der Waals surface area contributed by atoms with Gasteiger partial charge >= 0.3 is 6.09 Å². The molecule has 0 aromatic heterocycles. The molecule has 2 amide bonds. The number of aliphatic imine (C=N–C) groups is 1. The summed E-state index contributed by atoms with van der Waals surface area (Å²) in [6, 6.07) is 12.3. The average molecular weight is 551 g/mol. The van der Waals surface area contributed by atoms with E-state index >= 15 is 0 Å². The lowest BCUT2D eigenvalue weighted by molar-refractivity contribution is -0.139. The molecule has 0 saturated carbocycles. The van der Waals surface area contributed by atoms with Gasteiger partial charge in [-0.15, -0.1) is 0 Å². The van der Waals surface area contributed by atoms with Gasteiger partial charge in [-0.1, -0.05) is 44.4 Å². The van der Waals surface area contributed by atoms with Crippen LogP contribution < -0.4 is 9.47 Å². The zero-order valence-electron chi connectivity index (χ0n) is 24.6. The number of carbonyl (C=O) groups excluding carboxylic acids is 3. The molecule has 4 rings (SSSR count). The van der Waals surface area contributed by atoms with E-state index in [1.807, 2.05) is 42.5 Å². The van der Waals surface area contributed by atoms with Gasteiger partial charge in [-0.3, -0.25) is 9.59 Å². The number of carbonyl (C=O) groups is 3. The highest BCUT2D eigenvalue weighted by Gasteiger charge is 2.31. The predicted molar refractivity (Wildman–Crippen MR) is 155 cm³/mol. The Bertz CT molecular complexity index is 1200. The number of ketones is 1. The van der Waals surface area contributed by atoms with Crippen LogP contribution in [-0.4, -0.2) is 54.7 Å². The smallest absolute Gasteiger partial charge is 0.433 e. The van der Waals surface area contributed by atoms with E-state index in [2.05, 4.69) is 11.9 Å². The first kappa shape index (κ1) is 30.9. The third kappa shape index (κ3) is 8.93. The Balaban J connectivity index is 2.01. The number of hydrogen-bond acceptors (Lipinski definition) is 6. The molecule has 2 aromatic carbocycles. The summed E-state index contributed by atoms with van der Waals surface area (Å²) in [5, 5.41) is 0. The topological polar surface area (TPSA) is 94.5 Å². The number of ether oxygens (including phenoxy) is 3. The maximum absolute atomic E-state index is 13.9. The Kier molecular flexibility index (Phi) is 10.9. The Morgan fingerprint density at radius 3 is 2.40 bits per heavy atom. The van der Waals surface area contributed by atoms with Crippen LogP contribution in [0.5, 0.6) is 17.2 Å². The fourth-order valence-electron chi connectivity index (χ4n) is 4.64. The molecule has 8 nitrogen and oxygen atoms in total. The van der Waals surface area contributed by atoms with Crippen molar-refractivity contribution in [3.63, 3.8) is 0 Å². The number of methoxy groups -OCH3 is 1. The summed E-state index contributed by atoms with van der Waals surface area (Å²) in [6.07, 6.45) is 5.46. The summed E-state index contributed by atoms with van der Waals surface area (Å²) in [7, 11) is 3.23. The normalized spacial score (nSPS) is 17.9. The number of rotatable bonds is 8. The summed E-state index contributed by atoms with van der Waals surface area (Å²) in [4.78, 5) is 45.3. The van der Waals surface area contributed by atoms with Crippen LogP contribution >= 0.6 is 0 Å².